The Bertz CT molecular complexity index is 414. The Hall–Kier alpha value is -1.45. The largest absolute Gasteiger partial charge is 0.493 e. The first-order valence-electron chi connectivity index (χ1n) is 5.59. The van der Waals surface area contributed by atoms with Gasteiger partial charge >= 0.3 is 0 Å². The zero-order chi connectivity index (χ0) is 13.0. The third kappa shape index (κ3) is 3.02. The maximum absolute atomic E-state index is 12.9. The molecule has 0 atom stereocenters. The summed E-state index contributed by atoms with van der Waals surface area (Å²) in [6.07, 6.45) is -2.03. The van der Waals surface area contributed by atoms with Gasteiger partial charge in [-0.05, 0) is 38.0 Å². The topological polar surface area (TPSA) is 26.3 Å². The Balaban J connectivity index is 3.43. The van der Waals surface area contributed by atoms with E-state index in [1.165, 1.54) is 13.0 Å². The molecule has 2 nitrogen and oxygen atoms in total. The van der Waals surface area contributed by atoms with Crippen LogP contribution in [0.15, 0.2) is 12.1 Å². The van der Waals surface area contributed by atoms with Gasteiger partial charge in [-0.15, -0.1) is 0 Å². The average Bonchev–Trinajstić information content (AvgIpc) is 2.28. The Morgan fingerprint density at radius 1 is 1.35 bits per heavy atom. The second-order valence-electron chi connectivity index (χ2n) is 3.71. The van der Waals surface area contributed by atoms with E-state index >= 15 is 0 Å². The molecule has 17 heavy (non-hydrogen) atoms. The molecule has 0 fully saturated rings. The van der Waals surface area contributed by atoms with E-state index in [0.717, 1.165) is 0 Å². The van der Waals surface area contributed by atoms with Gasteiger partial charge in [0.2, 0.25) is 0 Å². The van der Waals surface area contributed by atoms with Gasteiger partial charge in [-0.3, -0.25) is 4.79 Å². The molecule has 4 heteroatoms. The van der Waals surface area contributed by atoms with Gasteiger partial charge in [0.05, 0.1) is 17.7 Å². The first-order valence-corrected chi connectivity index (χ1v) is 5.59. The van der Waals surface area contributed by atoms with E-state index in [0.29, 0.717) is 12.0 Å². The van der Waals surface area contributed by atoms with Crippen LogP contribution in [0.5, 0.6) is 5.75 Å². The third-order valence-electron chi connectivity index (χ3n) is 2.49. The smallest absolute Gasteiger partial charge is 0.267 e. The molecule has 0 unspecified atom stereocenters. The highest BCUT2D eigenvalue weighted by molar-refractivity contribution is 5.97. The summed E-state index contributed by atoms with van der Waals surface area (Å²) >= 11 is 0. The predicted molar refractivity (Wildman–Crippen MR) is 62.0 cm³/mol. The second-order valence-corrected chi connectivity index (χ2v) is 3.71. The third-order valence-corrected chi connectivity index (χ3v) is 2.49. The SMILES string of the molecule is CCOc1c(C(C)=O)cc(CC)cc1C(F)F. The number of hydrogen-bond donors (Lipinski definition) is 0. The predicted octanol–water partition coefficient (Wildman–Crippen LogP) is 3.79. The molecule has 1 aromatic carbocycles. The highest BCUT2D eigenvalue weighted by Crippen LogP contribution is 2.34. The van der Waals surface area contributed by atoms with Crippen molar-refractivity contribution in [2.24, 2.45) is 0 Å². The summed E-state index contributed by atoms with van der Waals surface area (Å²) in [4.78, 5) is 11.5. The average molecular weight is 242 g/mol. The van der Waals surface area contributed by atoms with Crippen molar-refractivity contribution in [3.8, 4) is 5.75 Å². The van der Waals surface area contributed by atoms with Crippen molar-refractivity contribution < 1.29 is 18.3 Å². The fraction of sp³-hybridized carbons (Fsp3) is 0.462. The molecule has 94 valence electrons. The zero-order valence-electron chi connectivity index (χ0n) is 10.2. The number of benzene rings is 1. The summed E-state index contributed by atoms with van der Waals surface area (Å²) < 4.78 is 31.0. The second kappa shape index (κ2) is 5.75. The van der Waals surface area contributed by atoms with Gasteiger partial charge in [0.15, 0.2) is 5.78 Å². The van der Waals surface area contributed by atoms with E-state index in [1.54, 1.807) is 13.0 Å². The number of ether oxygens (including phenoxy) is 1. The molecule has 0 aliphatic heterocycles. The van der Waals surface area contributed by atoms with Crippen LogP contribution in [0.2, 0.25) is 0 Å². The number of hydrogen-bond acceptors (Lipinski definition) is 2. The number of carbonyl (C=O) groups excluding carboxylic acids is 1. The highest BCUT2D eigenvalue weighted by Gasteiger charge is 2.20. The van der Waals surface area contributed by atoms with Crippen LogP contribution in [0.4, 0.5) is 8.78 Å². The van der Waals surface area contributed by atoms with Crippen molar-refractivity contribution in [2.75, 3.05) is 6.61 Å². The van der Waals surface area contributed by atoms with Crippen molar-refractivity contribution in [1.82, 2.24) is 0 Å². The monoisotopic (exact) mass is 242 g/mol. The Kier molecular flexibility index (Phi) is 4.61. The Morgan fingerprint density at radius 3 is 2.41 bits per heavy atom. The minimum Gasteiger partial charge on any atom is -0.493 e. The lowest BCUT2D eigenvalue weighted by molar-refractivity contribution is 0.101. The quantitative estimate of drug-likeness (QED) is 0.734. The van der Waals surface area contributed by atoms with Crippen molar-refractivity contribution in [3.63, 3.8) is 0 Å². The van der Waals surface area contributed by atoms with E-state index in [4.69, 9.17) is 4.74 Å². The number of halogens is 2. The van der Waals surface area contributed by atoms with Gasteiger partial charge in [-0.25, -0.2) is 8.78 Å². The highest BCUT2D eigenvalue weighted by atomic mass is 19.3. The zero-order valence-corrected chi connectivity index (χ0v) is 10.2. The number of carbonyl (C=O) groups is 1. The molecule has 0 heterocycles. The molecule has 0 saturated carbocycles. The van der Waals surface area contributed by atoms with Gasteiger partial charge < -0.3 is 4.74 Å². The molecule has 1 aromatic rings. The van der Waals surface area contributed by atoms with Crippen LogP contribution in [0.3, 0.4) is 0 Å². The van der Waals surface area contributed by atoms with Crippen molar-refractivity contribution in [2.45, 2.75) is 33.6 Å². The van der Waals surface area contributed by atoms with Crippen LogP contribution >= 0.6 is 0 Å². The molecular weight excluding hydrogens is 226 g/mol. The number of alkyl halides is 2. The van der Waals surface area contributed by atoms with Crippen molar-refractivity contribution >= 4 is 5.78 Å². The number of ketones is 1. The standard InChI is InChI=1S/C13H16F2O2/c1-4-9-6-10(8(3)16)12(17-5-2)11(7-9)13(14)15/h6-7,13H,4-5H2,1-3H3. The molecule has 0 aliphatic rings. The van der Waals surface area contributed by atoms with E-state index in [9.17, 15) is 13.6 Å². The number of aryl methyl sites for hydroxylation is 1. The lowest BCUT2D eigenvalue weighted by atomic mass is 10.00. The van der Waals surface area contributed by atoms with Crippen LogP contribution < -0.4 is 4.74 Å². The molecule has 0 N–H and O–H groups in total. The van der Waals surface area contributed by atoms with Crippen molar-refractivity contribution in [1.29, 1.82) is 0 Å². The number of rotatable bonds is 5. The summed E-state index contributed by atoms with van der Waals surface area (Å²) in [6.45, 7) is 5.17. The minimum atomic E-state index is -2.64. The summed E-state index contributed by atoms with van der Waals surface area (Å²) in [7, 11) is 0. The fourth-order valence-corrected chi connectivity index (χ4v) is 1.65. The maximum atomic E-state index is 12.9. The van der Waals surface area contributed by atoms with Crippen LogP contribution in [-0.4, -0.2) is 12.4 Å². The lowest BCUT2D eigenvalue weighted by Crippen LogP contribution is -2.06. The Morgan fingerprint density at radius 2 is 2.00 bits per heavy atom. The molecule has 0 amide bonds. The van der Waals surface area contributed by atoms with Crippen LogP contribution in [0.1, 0.15) is 48.7 Å². The molecule has 0 aromatic heterocycles. The number of Topliss-reactive ketones (excluding diaryl/α,β-unsaturated/α-hetero) is 1. The first-order chi connectivity index (χ1) is 8.01. The van der Waals surface area contributed by atoms with Gasteiger partial charge in [0.25, 0.3) is 6.43 Å². The summed E-state index contributed by atoms with van der Waals surface area (Å²) in [5, 5.41) is 0. The van der Waals surface area contributed by atoms with Crippen LogP contribution in [0, 0.1) is 0 Å². The summed E-state index contributed by atoms with van der Waals surface area (Å²) in [5.74, 6) is -0.238. The Labute approximate surface area is 99.6 Å². The van der Waals surface area contributed by atoms with E-state index in [1.807, 2.05) is 6.92 Å². The molecule has 0 saturated heterocycles. The van der Waals surface area contributed by atoms with Crippen LogP contribution in [-0.2, 0) is 6.42 Å². The molecule has 1 rings (SSSR count). The first kappa shape index (κ1) is 13.6. The van der Waals surface area contributed by atoms with E-state index < -0.39 is 6.43 Å². The van der Waals surface area contributed by atoms with Gasteiger partial charge in [0.1, 0.15) is 5.75 Å². The van der Waals surface area contributed by atoms with E-state index in [2.05, 4.69) is 0 Å². The maximum Gasteiger partial charge on any atom is 0.267 e. The molecule has 0 radical (unpaired) electrons. The summed E-state index contributed by atoms with van der Waals surface area (Å²) in [5.41, 5.74) is 0.756. The normalized spacial score (nSPS) is 10.7. The fourth-order valence-electron chi connectivity index (χ4n) is 1.65. The van der Waals surface area contributed by atoms with E-state index in [-0.39, 0.29) is 29.3 Å². The van der Waals surface area contributed by atoms with Crippen molar-refractivity contribution in [3.05, 3.63) is 28.8 Å². The van der Waals surface area contributed by atoms with Crippen LogP contribution in [0.25, 0.3) is 0 Å². The van der Waals surface area contributed by atoms with Gasteiger partial charge in [0, 0.05) is 0 Å². The molecular formula is C13H16F2O2. The summed E-state index contributed by atoms with van der Waals surface area (Å²) in [6, 6.07) is 3.03. The van der Waals surface area contributed by atoms with Gasteiger partial charge in [-0.1, -0.05) is 6.92 Å². The molecule has 0 spiro atoms. The minimum absolute atomic E-state index is 0.0206. The molecule has 0 bridgehead atoms. The van der Waals surface area contributed by atoms with Gasteiger partial charge in [-0.2, -0.15) is 0 Å². The lowest BCUT2D eigenvalue weighted by Gasteiger charge is -2.15. The molecule has 0 aliphatic carbocycles.